The van der Waals surface area contributed by atoms with Crippen LogP contribution < -0.4 is 31.1 Å². The van der Waals surface area contributed by atoms with Crippen molar-refractivity contribution in [1.29, 1.82) is 0 Å². The van der Waals surface area contributed by atoms with Crippen LogP contribution in [0.1, 0.15) is 0 Å². The first-order valence-corrected chi connectivity index (χ1v) is 18.4. The predicted octanol–water partition coefficient (Wildman–Crippen LogP) is 3.89. The molecule has 0 aromatic heterocycles. The quantitative estimate of drug-likeness (QED) is 0.181. The molecule has 0 bridgehead atoms. The van der Waals surface area contributed by atoms with E-state index in [0.717, 1.165) is 0 Å². The molecule has 0 fully saturated rings. The summed E-state index contributed by atoms with van der Waals surface area (Å²) in [5.74, 6) is 0. The monoisotopic (exact) mass is 578 g/mol. The summed E-state index contributed by atoms with van der Waals surface area (Å²) in [5, 5.41) is 7.17. The molecular weight excluding hydrogens is 549 g/mol. The maximum atomic E-state index is 7.29. The molecule has 0 amide bonds. The highest BCUT2D eigenvalue weighted by Crippen LogP contribution is 2.13. The van der Waals surface area contributed by atoms with Gasteiger partial charge in [-0.25, -0.2) is 0 Å². The van der Waals surface area contributed by atoms with E-state index < -0.39 is 16.6 Å². The van der Waals surface area contributed by atoms with E-state index in [4.69, 9.17) is 8.23 Å². The van der Waals surface area contributed by atoms with Crippen molar-refractivity contribution < 1.29 is 8.23 Å². The van der Waals surface area contributed by atoms with E-state index in [1.54, 1.807) is 0 Å². The Morgan fingerprint density at radius 1 is 0.268 bits per heavy atom. The van der Waals surface area contributed by atoms with E-state index in [0.29, 0.717) is 0 Å². The smallest absolute Gasteiger partial charge is 0.411 e. The van der Waals surface area contributed by atoms with Crippen LogP contribution in [0, 0.1) is 0 Å². The highest BCUT2D eigenvalue weighted by atomic mass is 28.4. The van der Waals surface area contributed by atoms with Gasteiger partial charge in [0.1, 0.15) is 0 Å². The largest absolute Gasteiger partial charge is 0.424 e. The molecule has 0 aliphatic rings. The molecule has 41 heavy (non-hydrogen) atoms. The van der Waals surface area contributed by atoms with Crippen LogP contribution in [0.2, 0.25) is 0 Å². The van der Waals surface area contributed by atoms with Crippen LogP contribution in [0.15, 0.2) is 182 Å². The normalized spacial score (nSPS) is 11.7. The van der Waals surface area contributed by atoms with Gasteiger partial charge in [0.25, 0.3) is 16.6 Å². The van der Waals surface area contributed by atoms with Gasteiger partial charge in [0.2, 0.25) is 0 Å². The fraction of sp³-hybridized carbons (Fsp3) is 0. The van der Waals surface area contributed by atoms with Gasteiger partial charge in [-0.05, 0) is 31.1 Å². The minimum absolute atomic E-state index is 0.188. The summed E-state index contributed by atoms with van der Waals surface area (Å²) in [5.41, 5.74) is 0. The second-order valence-electron chi connectivity index (χ2n) is 9.85. The molecule has 0 atom stereocenters. The van der Waals surface area contributed by atoms with Gasteiger partial charge in [0, 0.05) is 0 Å². The molecule has 6 rings (SSSR count). The van der Waals surface area contributed by atoms with Crippen LogP contribution in [-0.4, -0.2) is 26.6 Å². The first kappa shape index (κ1) is 27.1. The van der Waals surface area contributed by atoms with Crippen molar-refractivity contribution in [1.82, 2.24) is 0 Å². The van der Waals surface area contributed by atoms with Crippen LogP contribution in [-0.2, 0) is 8.23 Å². The average Bonchev–Trinajstić information content (AvgIpc) is 3.08. The van der Waals surface area contributed by atoms with Crippen molar-refractivity contribution in [2.75, 3.05) is 0 Å². The topological polar surface area (TPSA) is 18.5 Å². The zero-order chi connectivity index (χ0) is 27.8. The average molecular weight is 579 g/mol. The van der Waals surface area contributed by atoms with Crippen LogP contribution in [0.3, 0.4) is 0 Å². The fourth-order valence-electron chi connectivity index (χ4n) is 5.54. The van der Waals surface area contributed by atoms with Gasteiger partial charge in [-0.15, -0.1) is 0 Å². The zero-order valence-corrected chi connectivity index (χ0v) is 25.6. The van der Waals surface area contributed by atoms with Crippen molar-refractivity contribution in [3.63, 3.8) is 0 Å². The summed E-state index contributed by atoms with van der Waals surface area (Å²) in [6, 6.07) is 64.1. The van der Waals surface area contributed by atoms with E-state index in [1.165, 1.54) is 31.1 Å². The third-order valence-corrected chi connectivity index (χ3v) is 17.5. The molecule has 0 unspecified atom stereocenters. The van der Waals surface area contributed by atoms with Crippen LogP contribution in [0.5, 0.6) is 0 Å². The van der Waals surface area contributed by atoms with Gasteiger partial charge >= 0.3 is 10.0 Å². The Kier molecular flexibility index (Phi) is 8.32. The number of hydrogen-bond acceptors (Lipinski definition) is 2. The number of hydrogen-bond donors (Lipinski definition) is 0. The minimum Gasteiger partial charge on any atom is -0.424 e. The van der Waals surface area contributed by atoms with Gasteiger partial charge in [0.15, 0.2) is 0 Å². The van der Waals surface area contributed by atoms with Crippen molar-refractivity contribution in [3.8, 4) is 0 Å². The van der Waals surface area contributed by atoms with Crippen LogP contribution >= 0.6 is 0 Å². The van der Waals surface area contributed by atoms with Gasteiger partial charge in [-0.2, -0.15) is 0 Å². The first-order valence-electron chi connectivity index (χ1n) is 13.8. The summed E-state index contributed by atoms with van der Waals surface area (Å²) in [7, 11) is -6.02. The Morgan fingerprint density at radius 2 is 0.439 bits per heavy atom. The van der Waals surface area contributed by atoms with Crippen molar-refractivity contribution in [2.24, 2.45) is 0 Å². The molecule has 6 aromatic rings. The molecule has 5 heteroatoms. The lowest BCUT2D eigenvalue weighted by molar-refractivity contribution is 0.475. The van der Waals surface area contributed by atoms with Crippen molar-refractivity contribution >= 4 is 57.8 Å². The lowest BCUT2D eigenvalue weighted by Crippen LogP contribution is -2.73. The summed E-state index contributed by atoms with van der Waals surface area (Å²) >= 11 is 0. The summed E-state index contributed by atoms with van der Waals surface area (Å²) in [6.45, 7) is 0. The Morgan fingerprint density at radius 3 is 0.610 bits per heavy atom. The standard InChI is InChI=1S/C36H30O2Si3/c1-7-19-31(20-8-1)40(32-21-9-2-10-22-32,33-23-11-3-12-24-33)37-39-38-41(34-25-13-4-14-26-34,35-27-15-5-16-28-35)36-29-17-6-18-30-36/h1-30H. The summed E-state index contributed by atoms with van der Waals surface area (Å²) in [6.07, 6.45) is 0. The Balaban J connectivity index is 1.50. The third-order valence-electron chi connectivity index (χ3n) is 7.47. The number of benzene rings is 6. The molecule has 2 radical (unpaired) electrons. The Bertz CT molecular complexity index is 1310. The molecule has 0 saturated heterocycles. The second-order valence-corrected chi connectivity index (χ2v) is 17.8. The Labute approximate surface area is 247 Å². The molecular formula is C36H30O2Si3. The highest BCUT2D eigenvalue weighted by Gasteiger charge is 2.46. The molecule has 0 N–H and O–H groups in total. The molecule has 6 aromatic carbocycles. The van der Waals surface area contributed by atoms with Gasteiger partial charge in [-0.3, -0.25) is 0 Å². The second kappa shape index (κ2) is 12.6. The molecule has 0 aliphatic heterocycles. The minimum atomic E-state index is -2.92. The lowest BCUT2D eigenvalue weighted by Gasteiger charge is -2.36. The lowest BCUT2D eigenvalue weighted by atomic mass is 10.3. The van der Waals surface area contributed by atoms with Gasteiger partial charge in [0.05, 0.1) is 0 Å². The third kappa shape index (κ3) is 5.34. The maximum absolute atomic E-state index is 7.29. The van der Waals surface area contributed by atoms with Crippen LogP contribution in [0.25, 0.3) is 0 Å². The van der Waals surface area contributed by atoms with E-state index in [1.807, 2.05) is 0 Å². The van der Waals surface area contributed by atoms with Crippen molar-refractivity contribution in [3.05, 3.63) is 182 Å². The SMILES string of the molecule is c1ccc([Si](O[Si]O[Si](c2ccccc2)(c2ccccc2)c2ccccc2)(c2ccccc2)c2ccccc2)cc1. The van der Waals surface area contributed by atoms with Crippen LogP contribution in [0.4, 0.5) is 0 Å². The Hall–Kier alpha value is -4.11. The summed E-state index contributed by atoms with van der Waals surface area (Å²) in [4.78, 5) is 0. The van der Waals surface area contributed by atoms with Gasteiger partial charge < -0.3 is 8.23 Å². The van der Waals surface area contributed by atoms with E-state index >= 15 is 0 Å². The van der Waals surface area contributed by atoms with E-state index in [-0.39, 0.29) is 10.0 Å². The molecule has 0 heterocycles. The molecule has 0 saturated carbocycles. The van der Waals surface area contributed by atoms with E-state index in [2.05, 4.69) is 182 Å². The predicted molar refractivity (Wildman–Crippen MR) is 176 cm³/mol. The molecule has 198 valence electrons. The molecule has 2 nitrogen and oxygen atoms in total. The fourth-order valence-corrected chi connectivity index (χ4v) is 15.9. The highest BCUT2D eigenvalue weighted by molar-refractivity contribution is 7.11. The van der Waals surface area contributed by atoms with Crippen molar-refractivity contribution in [2.45, 2.75) is 0 Å². The summed E-state index contributed by atoms with van der Waals surface area (Å²) < 4.78 is 14.6. The first-order chi connectivity index (χ1) is 20.3. The zero-order valence-electron chi connectivity index (χ0n) is 22.6. The molecule has 0 aliphatic carbocycles. The van der Waals surface area contributed by atoms with E-state index in [9.17, 15) is 0 Å². The number of rotatable bonds is 10. The van der Waals surface area contributed by atoms with Gasteiger partial charge in [-0.1, -0.05) is 182 Å². The maximum Gasteiger partial charge on any atom is 0.411 e. The molecule has 0 spiro atoms.